The molecule has 4 aromatic rings. The zero-order chi connectivity index (χ0) is 25.6. The lowest BCUT2D eigenvalue weighted by Gasteiger charge is -2.29. The lowest BCUT2D eigenvalue weighted by Crippen LogP contribution is -2.37. The van der Waals surface area contributed by atoms with Crippen LogP contribution in [-0.4, -0.2) is 23.0 Å². The molecule has 0 spiro atoms. The van der Waals surface area contributed by atoms with Gasteiger partial charge in [0, 0.05) is 29.4 Å². The van der Waals surface area contributed by atoms with Crippen LogP contribution in [0.3, 0.4) is 0 Å². The van der Waals surface area contributed by atoms with Crippen LogP contribution in [-0.2, 0) is 11.3 Å². The third-order valence-corrected chi connectivity index (χ3v) is 6.98. The molecule has 2 aromatic heterocycles. The van der Waals surface area contributed by atoms with Crippen molar-refractivity contribution in [2.24, 2.45) is 5.92 Å². The first-order chi connectivity index (χ1) is 18.1. The predicted molar refractivity (Wildman–Crippen MR) is 144 cm³/mol. The number of halogens is 1. The molecule has 0 bridgehead atoms. The van der Waals surface area contributed by atoms with Crippen LogP contribution < -0.4 is 9.64 Å². The maximum absolute atomic E-state index is 14.5. The summed E-state index contributed by atoms with van der Waals surface area (Å²) in [5.74, 6) is 1.01. The highest BCUT2D eigenvalue weighted by Crippen LogP contribution is 2.31. The standard InChI is InChI=1S/C31H30FN3O2/c1-37-26-14-15-28(32)27(20-26)23-12-10-22(11-13-23)21-35(31(36)24-7-3-2-4-8-24)30-19-25(16-18-34-30)29-9-5-6-17-33-29/h5-6,9-20,24H,2-4,7-8,21H2,1H3. The third-order valence-electron chi connectivity index (χ3n) is 6.98. The molecule has 6 heteroatoms. The molecule has 0 unspecified atom stereocenters. The van der Waals surface area contributed by atoms with Crippen LogP contribution in [0.15, 0.2) is 85.2 Å². The van der Waals surface area contributed by atoms with Gasteiger partial charge in [-0.3, -0.25) is 14.7 Å². The Morgan fingerprint density at radius 2 is 1.73 bits per heavy atom. The lowest BCUT2D eigenvalue weighted by atomic mass is 9.88. The maximum atomic E-state index is 14.5. The Morgan fingerprint density at radius 3 is 2.46 bits per heavy atom. The number of methoxy groups -OCH3 is 1. The molecule has 1 aliphatic carbocycles. The van der Waals surface area contributed by atoms with Gasteiger partial charge in [-0.2, -0.15) is 0 Å². The van der Waals surface area contributed by atoms with E-state index in [4.69, 9.17) is 4.74 Å². The smallest absolute Gasteiger partial charge is 0.231 e. The largest absolute Gasteiger partial charge is 0.497 e. The van der Waals surface area contributed by atoms with E-state index >= 15 is 0 Å². The summed E-state index contributed by atoms with van der Waals surface area (Å²) in [6.07, 6.45) is 8.63. The molecule has 0 aliphatic heterocycles. The van der Waals surface area contributed by atoms with Crippen molar-refractivity contribution in [2.45, 2.75) is 38.6 Å². The number of anilines is 1. The fourth-order valence-electron chi connectivity index (χ4n) is 4.93. The van der Waals surface area contributed by atoms with Gasteiger partial charge in [0.25, 0.3) is 0 Å². The molecular formula is C31H30FN3O2. The van der Waals surface area contributed by atoms with Gasteiger partial charge in [-0.1, -0.05) is 49.6 Å². The van der Waals surface area contributed by atoms with Crippen LogP contribution >= 0.6 is 0 Å². The normalized spacial score (nSPS) is 13.8. The number of amides is 1. The Hall–Kier alpha value is -4.06. The van der Waals surface area contributed by atoms with Crippen molar-refractivity contribution in [1.29, 1.82) is 0 Å². The van der Waals surface area contributed by atoms with Crippen molar-refractivity contribution in [3.63, 3.8) is 0 Å². The zero-order valence-corrected chi connectivity index (χ0v) is 20.9. The van der Waals surface area contributed by atoms with E-state index in [1.54, 1.807) is 36.5 Å². The molecule has 0 atom stereocenters. The van der Waals surface area contributed by atoms with Crippen LogP contribution in [0, 0.1) is 11.7 Å². The fourth-order valence-corrected chi connectivity index (χ4v) is 4.93. The topological polar surface area (TPSA) is 55.3 Å². The minimum absolute atomic E-state index is 0.000732. The molecule has 1 aliphatic rings. The molecule has 1 fully saturated rings. The van der Waals surface area contributed by atoms with Gasteiger partial charge in [0.1, 0.15) is 17.4 Å². The van der Waals surface area contributed by atoms with E-state index in [9.17, 15) is 9.18 Å². The molecule has 0 N–H and O–H groups in total. The number of carbonyl (C=O) groups is 1. The Bertz CT molecular complexity index is 1350. The summed E-state index contributed by atoms with van der Waals surface area (Å²) in [4.78, 5) is 24.6. The highest BCUT2D eigenvalue weighted by molar-refractivity contribution is 5.94. The fraction of sp³-hybridized carbons (Fsp3) is 0.258. The summed E-state index contributed by atoms with van der Waals surface area (Å²) >= 11 is 0. The molecular weight excluding hydrogens is 465 g/mol. The number of benzene rings is 2. The Balaban J connectivity index is 1.45. The molecule has 2 aromatic carbocycles. The molecule has 1 amide bonds. The summed E-state index contributed by atoms with van der Waals surface area (Å²) < 4.78 is 19.8. The Labute approximate surface area is 217 Å². The van der Waals surface area contributed by atoms with Gasteiger partial charge in [-0.25, -0.2) is 9.37 Å². The molecule has 37 heavy (non-hydrogen) atoms. The lowest BCUT2D eigenvalue weighted by molar-refractivity contribution is -0.123. The summed E-state index contributed by atoms with van der Waals surface area (Å²) in [5, 5.41) is 0. The third kappa shape index (κ3) is 5.69. The average Bonchev–Trinajstić information content (AvgIpc) is 2.97. The molecule has 0 radical (unpaired) electrons. The quantitative estimate of drug-likeness (QED) is 0.275. The highest BCUT2D eigenvalue weighted by Gasteiger charge is 2.28. The van der Waals surface area contributed by atoms with Crippen molar-refractivity contribution >= 4 is 11.7 Å². The second-order valence-electron chi connectivity index (χ2n) is 9.42. The van der Waals surface area contributed by atoms with Gasteiger partial charge >= 0.3 is 0 Å². The van der Waals surface area contributed by atoms with Gasteiger partial charge in [-0.05, 0) is 66.4 Å². The number of aromatic nitrogens is 2. The number of hydrogen-bond donors (Lipinski definition) is 0. The van der Waals surface area contributed by atoms with Crippen LogP contribution in [0.4, 0.5) is 10.2 Å². The van der Waals surface area contributed by atoms with Crippen molar-refractivity contribution in [1.82, 2.24) is 9.97 Å². The summed E-state index contributed by atoms with van der Waals surface area (Å²) in [5.41, 5.74) is 3.92. The van der Waals surface area contributed by atoms with E-state index in [0.717, 1.165) is 48.1 Å². The molecule has 5 nitrogen and oxygen atoms in total. The monoisotopic (exact) mass is 495 g/mol. The summed E-state index contributed by atoms with van der Waals surface area (Å²) in [7, 11) is 1.56. The minimum atomic E-state index is -0.307. The minimum Gasteiger partial charge on any atom is -0.497 e. The molecule has 5 rings (SSSR count). The van der Waals surface area contributed by atoms with Crippen LogP contribution in [0.5, 0.6) is 5.75 Å². The highest BCUT2D eigenvalue weighted by atomic mass is 19.1. The second-order valence-corrected chi connectivity index (χ2v) is 9.42. The number of carbonyl (C=O) groups excluding carboxylic acids is 1. The summed E-state index contributed by atoms with van der Waals surface area (Å²) in [6, 6.07) is 22.0. The first kappa shape index (κ1) is 24.6. The zero-order valence-electron chi connectivity index (χ0n) is 20.9. The number of rotatable bonds is 7. The summed E-state index contributed by atoms with van der Waals surface area (Å²) in [6.45, 7) is 0.384. The second kappa shape index (κ2) is 11.3. The van der Waals surface area contributed by atoms with Gasteiger partial charge in [0.05, 0.1) is 19.3 Å². The molecule has 1 saturated carbocycles. The number of nitrogens with zero attached hydrogens (tertiary/aromatic N) is 3. The van der Waals surface area contributed by atoms with Gasteiger partial charge in [0.2, 0.25) is 5.91 Å². The van der Waals surface area contributed by atoms with E-state index in [1.165, 1.54) is 12.5 Å². The van der Waals surface area contributed by atoms with E-state index in [2.05, 4.69) is 9.97 Å². The molecule has 2 heterocycles. The number of ether oxygens (including phenoxy) is 1. The van der Waals surface area contributed by atoms with Crippen LogP contribution in [0.2, 0.25) is 0 Å². The predicted octanol–water partition coefficient (Wildman–Crippen LogP) is 7.07. The van der Waals surface area contributed by atoms with Gasteiger partial charge in [-0.15, -0.1) is 0 Å². The first-order valence-electron chi connectivity index (χ1n) is 12.7. The molecule has 0 saturated heterocycles. The van der Waals surface area contributed by atoms with Crippen LogP contribution in [0.25, 0.3) is 22.4 Å². The van der Waals surface area contributed by atoms with E-state index in [1.807, 2.05) is 54.6 Å². The van der Waals surface area contributed by atoms with Crippen molar-refractivity contribution < 1.29 is 13.9 Å². The molecule has 188 valence electrons. The maximum Gasteiger partial charge on any atom is 0.231 e. The van der Waals surface area contributed by atoms with Gasteiger partial charge in [0.15, 0.2) is 0 Å². The van der Waals surface area contributed by atoms with Gasteiger partial charge < -0.3 is 4.74 Å². The average molecular weight is 496 g/mol. The van der Waals surface area contributed by atoms with Crippen molar-refractivity contribution in [2.75, 3.05) is 12.0 Å². The van der Waals surface area contributed by atoms with E-state index < -0.39 is 0 Å². The number of hydrogen-bond acceptors (Lipinski definition) is 4. The van der Waals surface area contributed by atoms with Crippen LogP contribution in [0.1, 0.15) is 37.7 Å². The Kier molecular flexibility index (Phi) is 7.54. The van der Waals surface area contributed by atoms with Crippen molar-refractivity contribution in [3.05, 3.63) is 96.6 Å². The van der Waals surface area contributed by atoms with E-state index in [-0.39, 0.29) is 17.6 Å². The van der Waals surface area contributed by atoms with E-state index in [0.29, 0.717) is 23.7 Å². The van der Waals surface area contributed by atoms with Crippen molar-refractivity contribution in [3.8, 4) is 28.1 Å². The SMILES string of the molecule is COc1ccc(F)c(-c2ccc(CN(C(=O)C3CCCCC3)c3cc(-c4ccccn4)ccn3)cc2)c1. The first-order valence-corrected chi connectivity index (χ1v) is 12.7. The Morgan fingerprint density at radius 1 is 0.919 bits per heavy atom. The number of pyridine rings is 2.